The fourth-order valence-corrected chi connectivity index (χ4v) is 4.63. The van der Waals surface area contributed by atoms with Crippen LogP contribution in [0.25, 0.3) is 0 Å². The van der Waals surface area contributed by atoms with Crippen LogP contribution in [-0.2, 0) is 16.2 Å². The third kappa shape index (κ3) is 5.63. The second-order valence-corrected chi connectivity index (χ2v) is 10.1. The number of carbonyl (C=O) groups is 1. The molecule has 0 radical (unpaired) electrons. The van der Waals surface area contributed by atoms with Gasteiger partial charge >= 0.3 is 6.18 Å². The summed E-state index contributed by atoms with van der Waals surface area (Å²) in [6.45, 7) is 0. The molecule has 0 unspecified atom stereocenters. The van der Waals surface area contributed by atoms with Crippen LogP contribution in [0.3, 0.4) is 0 Å². The van der Waals surface area contributed by atoms with Gasteiger partial charge in [0.2, 0.25) is 0 Å². The first kappa shape index (κ1) is 24.9. The second kappa shape index (κ2) is 9.66. The van der Waals surface area contributed by atoms with Gasteiger partial charge < -0.3 is 5.32 Å². The molecule has 0 fully saturated rings. The van der Waals surface area contributed by atoms with Gasteiger partial charge in [-0.25, -0.2) is 8.42 Å². The molecular weight excluding hydrogens is 497 g/mol. The molecule has 0 heterocycles. The number of halogens is 4. The Balaban J connectivity index is 1.79. The van der Waals surface area contributed by atoms with Crippen LogP contribution in [0.15, 0.2) is 76.5 Å². The van der Waals surface area contributed by atoms with Crippen LogP contribution in [0.1, 0.15) is 15.9 Å². The van der Waals surface area contributed by atoms with Crippen molar-refractivity contribution in [2.75, 3.05) is 22.9 Å². The van der Waals surface area contributed by atoms with Crippen molar-refractivity contribution in [2.45, 2.75) is 16.0 Å². The number of alkyl halides is 3. The molecule has 0 spiro atoms. The van der Waals surface area contributed by atoms with Crippen LogP contribution in [0.2, 0.25) is 5.02 Å². The minimum absolute atomic E-state index is 0.0497. The first-order valence-electron chi connectivity index (χ1n) is 9.34. The highest BCUT2D eigenvalue weighted by Crippen LogP contribution is 2.34. The van der Waals surface area contributed by atoms with Crippen LogP contribution in [-0.4, -0.2) is 27.6 Å². The summed E-state index contributed by atoms with van der Waals surface area (Å²) in [5.74, 6) is -0.694. The predicted octanol–water partition coefficient (Wildman–Crippen LogP) is 6.16. The molecule has 3 aromatic rings. The van der Waals surface area contributed by atoms with E-state index >= 15 is 0 Å². The Morgan fingerprint density at radius 2 is 1.61 bits per heavy atom. The molecule has 174 valence electrons. The van der Waals surface area contributed by atoms with E-state index < -0.39 is 27.7 Å². The van der Waals surface area contributed by atoms with Crippen LogP contribution >= 0.6 is 23.4 Å². The highest BCUT2D eigenvalue weighted by molar-refractivity contribution is 7.98. The maximum absolute atomic E-state index is 12.9. The molecule has 5 nitrogen and oxygen atoms in total. The van der Waals surface area contributed by atoms with E-state index in [9.17, 15) is 26.4 Å². The third-order valence-corrected chi connectivity index (χ3v) is 7.63. The maximum atomic E-state index is 12.9. The molecule has 3 rings (SSSR count). The number of hydrogen-bond acceptors (Lipinski definition) is 4. The van der Waals surface area contributed by atoms with Crippen LogP contribution in [0.5, 0.6) is 0 Å². The molecule has 0 saturated carbocycles. The molecular formula is C22H18ClF3N2O3S2. The van der Waals surface area contributed by atoms with E-state index in [1.807, 2.05) is 6.26 Å². The van der Waals surface area contributed by atoms with E-state index in [4.69, 9.17) is 11.6 Å². The summed E-state index contributed by atoms with van der Waals surface area (Å²) < 4.78 is 65.6. The van der Waals surface area contributed by atoms with Gasteiger partial charge in [0, 0.05) is 17.5 Å². The Kier molecular flexibility index (Phi) is 7.30. The number of nitrogens with zero attached hydrogens (tertiary/aromatic N) is 1. The monoisotopic (exact) mass is 514 g/mol. The number of hydrogen-bond donors (Lipinski definition) is 1. The minimum atomic E-state index is -4.59. The highest BCUT2D eigenvalue weighted by Gasteiger charge is 2.31. The normalized spacial score (nSPS) is 11.8. The molecule has 0 aliphatic carbocycles. The fraction of sp³-hybridized carbons (Fsp3) is 0.136. The summed E-state index contributed by atoms with van der Waals surface area (Å²) in [6.07, 6.45) is -2.70. The summed E-state index contributed by atoms with van der Waals surface area (Å²) >= 11 is 7.41. The lowest BCUT2D eigenvalue weighted by Gasteiger charge is -2.20. The van der Waals surface area contributed by atoms with Crippen molar-refractivity contribution in [1.82, 2.24) is 0 Å². The van der Waals surface area contributed by atoms with Gasteiger partial charge in [0.05, 0.1) is 26.9 Å². The van der Waals surface area contributed by atoms with E-state index in [0.717, 1.165) is 27.4 Å². The van der Waals surface area contributed by atoms with Crippen molar-refractivity contribution < 1.29 is 26.4 Å². The maximum Gasteiger partial charge on any atom is 0.416 e. The van der Waals surface area contributed by atoms with E-state index in [0.29, 0.717) is 5.69 Å². The Morgan fingerprint density at radius 1 is 1.00 bits per heavy atom. The van der Waals surface area contributed by atoms with Crippen molar-refractivity contribution in [3.63, 3.8) is 0 Å². The SMILES string of the molecule is CSc1ccc(S(=O)(=O)N(C)c2ccc(C(=O)Nc3cc(C(F)(F)F)ccc3Cl)cc2)cc1. The average Bonchev–Trinajstić information content (AvgIpc) is 2.79. The lowest BCUT2D eigenvalue weighted by Crippen LogP contribution is -2.26. The number of amides is 1. The van der Waals surface area contributed by atoms with Gasteiger partial charge in [-0.1, -0.05) is 11.6 Å². The number of anilines is 2. The zero-order chi connectivity index (χ0) is 24.4. The standard InChI is InChI=1S/C22H18ClF3N2O3S2/c1-28(33(30,31)18-10-8-17(32-2)9-11-18)16-6-3-14(4-7-16)21(29)27-20-13-15(22(24,25)26)5-12-19(20)23/h3-13H,1-2H3,(H,27,29). The molecule has 0 aromatic heterocycles. The Morgan fingerprint density at radius 3 is 2.15 bits per heavy atom. The van der Waals surface area contributed by atoms with Gasteiger partial charge in [0.1, 0.15) is 0 Å². The largest absolute Gasteiger partial charge is 0.416 e. The Labute approximate surface area is 198 Å². The minimum Gasteiger partial charge on any atom is -0.321 e. The number of sulfonamides is 1. The van der Waals surface area contributed by atoms with Crippen molar-refractivity contribution in [2.24, 2.45) is 0 Å². The van der Waals surface area contributed by atoms with Gasteiger partial charge in [-0.05, 0) is 73.0 Å². The van der Waals surface area contributed by atoms with Crippen molar-refractivity contribution in [1.29, 1.82) is 0 Å². The number of nitrogens with one attached hydrogen (secondary N) is 1. The van der Waals surface area contributed by atoms with E-state index in [1.165, 1.54) is 55.2 Å². The summed E-state index contributed by atoms with van der Waals surface area (Å²) in [6, 6.07) is 14.6. The molecule has 0 aliphatic heterocycles. The van der Waals surface area contributed by atoms with Crippen LogP contribution in [0.4, 0.5) is 24.5 Å². The van der Waals surface area contributed by atoms with Crippen molar-refractivity contribution in [3.05, 3.63) is 82.9 Å². The first-order valence-corrected chi connectivity index (χ1v) is 12.4. The summed E-state index contributed by atoms with van der Waals surface area (Å²) in [4.78, 5) is 13.5. The zero-order valence-electron chi connectivity index (χ0n) is 17.4. The summed E-state index contributed by atoms with van der Waals surface area (Å²) in [5.41, 5.74) is -0.719. The molecule has 1 amide bonds. The van der Waals surface area contributed by atoms with E-state index in [2.05, 4.69) is 5.32 Å². The average molecular weight is 515 g/mol. The molecule has 0 bridgehead atoms. The zero-order valence-corrected chi connectivity index (χ0v) is 19.7. The quantitative estimate of drug-likeness (QED) is 0.400. The Bertz CT molecular complexity index is 1260. The summed E-state index contributed by atoms with van der Waals surface area (Å²) in [7, 11) is -2.44. The third-order valence-electron chi connectivity index (χ3n) is 4.75. The topological polar surface area (TPSA) is 66.5 Å². The summed E-state index contributed by atoms with van der Waals surface area (Å²) in [5, 5.41) is 2.30. The van der Waals surface area contributed by atoms with Gasteiger partial charge in [0.15, 0.2) is 0 Å². The van der Waals surface area contributed by atoms with E-state index in [-0.39, 0.29) is 21.2 Å². The second-order valence-electron chi connectivity index (χ2n) is 6.84. The molecule has 0 saturated heterocycles. The lowest BCUT2D eigenvalue weighted by atomic mass is 10.1. The molecule has 33 heavy (non-hydrogen) atoms. The van der Waals surface area contributed by atoms with Crippen molar-refractivity contribution >= 4 is 50.7 Å². The molecule has 1 N–H and O–H groups in total. The smallest absolute Gasteiger partial charge is 0.321 e. The molecule has 11 heteroatoms. The fourth-order valence-electron chi connectivity index (χ4n) is 2.86. The number of benzene rings is 3. The number of rotatable bonds is 6. The lowest BCUT2D eigenvalue weighted by molar-refractivity contribution is -0.137. The number of carbonyl (C=O) groups excluding carboxylic acids is 1. The first-order chi connectivity index (χ1) is 15.4. The molecule has 3 aromatic carbocycles. The van der Waals surface area contributed by atoms with Gasteiger partial charge in [-0.3, -0.25) is 9.10 Å². The Hall–Kier alpha value is -2.69. The van der Waals surface area contributed by atoms with Crippen LogP contribution < -0.4 is 9.62 Å². The number of thioether (sulfide) groups is 1. The van der Waals surface area contributed by atoms with Gasteiger partial charge in [-0.2, -0.15) is 13.2 Å². The highest BCUT2D eigenvalue weighted by atomic mass is 35.5. The predicted molar refractivity (Wildman–Crippen MR) is 125 cm³/mol. The van der Waals surface area contributed by atoms with Gasteiger partial charge in [0.25, 0.3) is 15.9 Å². The van der Waals surface area contributed by atoms with Gasteiger partial charge in [-0.15, -0.1) is 11.8 Å². The molecule has 0 atom stereocenters. The molecule has 0 aliphatic rings. The van der Waals surface area contributed by atoms with Crippen molar-refractivity contribution in [3.8, 4) is 0 Å². The van der Waals surface area contributed by atoms with Crippen LogP contribution in [0, 0.1) is 0 Å². The van der Waals surface area contributed by atoms with E-state index in [1.54, 1.807) is 12.1 Å².